The van der Waals surface area contributed by atoms with Gasteiger partial charge in [-0.2, -0.15) is 5.26 Å². The van der Waals surface area contributed by atoms with Gasteiger partial charge in [-0.05, 0) is 6.42 Å². The van der Waals surface area contributed by atoms with Gasteiger partial charge in [0.15, 0.2) is 6.04 Å². The van der Waals surface area contributed by atoms with E-state index in [1.54, 1.807) is 13.0 Å². The van der Waals surface area contributed by atoms with Gasteiger partial charge in [0.2, 0.25) is 0 Å². The Hall–Kier alpha value is -1.90. The Morgan fingerprint density at radius 2 is 2.62 bits per heavy atom. The molecule has 1 aromatic rings. The molecule has 0 saturated heterocycles. The molecule has 1 rings (SSSR count). The molecule has 0 aliphatic heterocycles. The van der Waals surface area contributed by atoms with Crippen LogP contribution in [0.3, 0.4) is 0 Å². The Bertz CT molecular complexity index is 352. The molecule has 6 nitrogen and oxygen atoms in total. The molecule has 0 unspecified atom stereocenters. The van der Waals surface area contributed by atoms with Crippen LogP contribution in [0.2, 0.25) is 0 Å². The number of hydrogen-bond donors (Lipinski definition) is 1. The van der Waals surface area contributed by atoms with Crippen molar-refractivity contribution in [1.29, 1.82) is 5.26 Å². The van der Waals surface area contributed by atoms with E-state index in [4.69, 9.17) is 10.4 Å². The van der Waals surface area contributed by atoms with Gasteiger partial charge in [0, 0.05) is 0 Å². The van der Waals surface area contributed by atoms with Crippen LogP contribution in [-0.4, -0.2) is 25.8 Å². The summed E-state index contributed by atoms with van der Waals surface area (Å²) in [6.45, 7) is 1.73. The second kappa shape index (κ2) is 3.67. The molecule has 1 aromatic heterocycles. The first-order valence-corrected chi connectivity index (χ1v) is 3.73. The Kier molecular flexibility index (Phi) is 2.59. The molecule has 0 bridgehead atoms. The lowest BCUT2D eigenvalue weighted by atomic mass is 10.2. The highest BCUT2D eigenvalue weighted by molar-refractivity contribution is 5.71. The zero-order valence-corrected chi connectivity index (χ0v) is 7.01. The van der Waals surface area contributed by atoms with Crippen LogP contribution in [0.1, 0.15) is 25.2 Å². The van der Waals surface area contributed by atoms with Crippen LogP contribution in [0.25, 0.3) is 0 Å². The highest BCUT2D eigenvalue weighted by Crippen LogP contribution is 2.08. The maximum atomic E-state index is 10.7. The van der Waals surface area contributed by atoms with Crippen molar-refractivity contribution in [3.63, 3.8) is 0 Å². The van der Waals surface area contributed by atoms with Crippen LogP contribution in [-0.2, 0) is 4.79 Å². The van der Waals surface area contributed by atoms with Gasteiger partial charge in [-0.3, -0.25) is 0 Å². The molecule has 1 atom stereocenters. The fraction of sp³-hybridized carbons (Fsp3) is 0.429. The summed E-state index contributed by atoms with van der Waals surface area (Å²) in [4.78, 5) is 14.3. The minimum atomic E-state index is -0.975. The van der Waals surface area contributed by atoms with Gasteiger partial charge >= 0.3 is 5.97 Å². The van der Waals surface area contributed by atoms with Gasteiger partial charge < -0.3 is 5.11 Å². The topological polar surface area (TPSA) is 91.8 Å². The van der Waals surface area contributed by atoms with Crippen LogP contribution in [0.4, 0.5) is 0 Å². The predicted molar refractivity (Wildman–Crippen MR) is 41.7 cm³/mol. The summed E-state index contributed by atoms with van der Waals surface area (Å²) >= 11 is 0. The van der Waals surface area contributed by atoms with Gasteiger partial charge in [0.1, 0.15) is 12.4 Å². The molecule has 0 fully saturated rings. The van der Waals surface area contributed by atoms with E-state index in [2.05, 4.69) is 10.1 Å². The van der Waals surface area contributed by atoms with E-state index in [1.165, 1.54) is 11.0 Å². The molecular weight excluding hydrogens is 172 g/mol. The van der Waals surface area contributed by atoms with E-state index in [1.807, 2.05) is 0 Å². The SMILES string of the molecule is CC[C@H](C(=O)O)n1cnc(C#N)n1. The van der Waals surface area contributed by atoms with Crippen molar-refractivity contribution in [2.75, 3.05) is 0 Å². The zero-order chi connectivity index (χ0) is 9.84. The fourth-order valence-electron chi connectivity index (χ4n) is 0.951. The number of carboxylic acids is 1. The van der Waals surface area contributed by atoms with Crippen molar-refractivity contribution in [3.8, 4) is 6.07 Å². The van der Waals surface area contributed by atoms with Crippen molar-refractivity contribution in [3.05, 3.63) is 12.2 Å². The monoisotopic (exact) mass is 180 g/mol. The summed E-state index contributed by atoms with van der Waals surface area (Å²) in [5.41, 5.74) is 0. The van der Waals surface area contributed by atoms with Crippen LogP contribution >= 0.6 is 0 Å². The van der Waals surface area contributed by atoms with Crippen molar-refractivity contribution in [1.82, 2.24) is 14.8 Å². The normalized spacial score (nSPS) is 12.0. The Labute approximate surface area is 74.4 Å². The van der Waals surface area contributed by atoms with Gasteiger partial charge in [-0.25, -0.2) is 14.5 Å². The smallest absolute Gasteiger partial charge is 0.328 e. The van der Waals surface area contributed by atoms with E-state index in [0.29, 0.717) is 6.42 Å². The van der Waals surface area contributed by atoms with E-state index in [-0.39, 0.29) is 5.82 Å². The van der Waals surface area contributed by atoms with Gasteiger partial charge in [0.25, 0.3) is 5.82 Å². The fourth-order valence-corrected chi connectivity index (χ4v) is 0.951. The first kappa shape index (κ1) is 9.19. The molecule has 68 valence electrons. The molecule has 0 aliphatic carbocycles. The summed E-state index contributed by atoms with van der Waals surface area (Å²) in [6, 6.07) is 0.988. The number of aromatic nitrogens is 3. The van der Waals surface area contributed by atoms with Crippen LogP contribution in [0.15, 0.2) is 6.33 Å². The lowest BCUT2D eigenvalue weighted by molar-refractivity contribution is -0.141. The van der Waals surface area contributed by atoms with Crippen LogP contribution < -0.4 is 0 Å². The third-order valence-corrected chi connectivity index (χ3v) is 1.60. The molecule has 6 heteroatoms. The summed E-state index contributed by atoms with van der Waals surface area (Å²) in [5.74, 6) is -0.989. The first-order chi connectivity index (χ1) is 6.19. The molecule has 13 heavy (non-hydrogen) atoms. The van der Waals surface area contributed by atoms with E-state index >= 15 is 0 Å². The summed E-state index contributed by atoms with van der Waals surface area (Å²) in [7, 11) is 0. The van der Waals surface area contributed by atoms with Crippen LogP contribution in [0, 0.1) is 11.3 Å². The van der Waals surface area contributed by atoms with Crippen molar-refractivity contribution < 1.29 is 9.90 Å². The maximum absolute atomic E-state index is 10.7. The molecule has 0 radical (unpaired) electrons. The van der Waals surface area contributed by atoms with E-state index in [0.717, 1.165) is 0 Å². The molecule has 1 heterocycles. The maximum Gasteiger partial charge on any atom is 0.328 e. The molecular formula is C7H8N4O2. The average Bonchev–Trinajstić information content (AvgIpc) is 2.53. The van der Waals surface area contributed by atoms with Crippen molar-refractivity contribution in [2.45, 2.75) is 19.4 Å². The molecule has 0 aromatic carbocycles. The van der Waals surface area contributed by atoms with Gasteiger partial charge in [0.05, 0.1) is 0 Å². The lowest BCUT2D eigenvalue weighted by Gasteiger charge is -2.07. The number of nitriles is 1. The predicted octanol–water partition coefficient (Wildman–Crippen LogP) is 0.185. The Morgan fingerprint density at radius 1 is 1.92 bits per heavy atom. The van der Waals surface area contributed by atoms with Gasteiger partial charge in [-0.1, -0.05) is 6.92 Å². The minimum Gasteiger partial charge on any atom is -0.480 e. The van der Waals surface area contributed by atoms with Crippen molar-refractivity contribution in [2.24, 2.45) is 0 Å². The number of nitrogens with zero attached hydrogens (tertiary/aromatic N) is 4. The molecule has 0 saturated carbocycles. The minimum absolute atomic E-state index is 0.0142. The quantitative estimate of drug-likeness (QED) is 0.716. The number of carbonyl (C=O) groups is 1. The largest absolute Gasteiger partial charge is 0.480 e. The third-order valence-electron chi connectivity index (χ3n) is 1.60. The highest BCUT2D eigenvalue weighted by Gasteiger charge is 2.18. The lowest BCUT2D eigenvalue weighted by Crippen LogP contribution is -2.18. The number of carboxylic acid groups (broad SMARTS) is 1. The Balaban J connectivity index is 2.93. The average molecular weight is 180 g/mol. The standard InChI is InChI=1S/C7H8N4O2/c1-2-5(7(12)13)11-4-9-6(3-8)10-11/h4-5H,2H2,1H3,(H,12,13)/t5-/m1/s1. The number of aliphatic carboxylic acids is 1. The molecule has 0 spiro atoms. The van der Waals surface area contributed by atoms with Gasteiger partial charge in [-0.15, -0.1) is 5.10 Å². The zero-order valence-electron chi connectivity index (χ0n) is 7.01. The summed E-state index contributed by atoms with van der Waals surface area (Å²) in [5, 5.41) is 20.8. The highest BCUT2D eigenvalue weighted by atomic mass is 16.4. The third kappa shape index (κ3) is 1.82. The molecule has 0 amide bonds. The number of hydrogen-bond acceptors (Lipinski definition) is 4. The number of rotatable bonds is 3. The second-order valence-corrected chi connectivity index (χ2v) is 2.42. The second-order valence-electron chi connectivity index (χ2n) is 2.42. The molecule has 0 aliphatic rings. The van der Waals surface area contributed by atoms with E-state index in [9.17, 15) is 4.79 Å². The Morgan fingerprint density at radius 3 is 3.00 bits per heavy atom. The molecule has 1 N–H and O–H groups in total. The van der Waals surface area contributed by atoms with E-state index < -0.39 is 12.0 Å². The van der Waals surface area contributed by atoms with Crippen LogP contribution in [0.5, 0.6) is 0 Å². The summed E-state index contributed by atoms with van der Waals surface area (Å²) < 4.78 is 1.18. The summed E-state index contributed by atoms with van der Waals surface area (Å²) in [6.07, 6.45) is 1.66. The first-order valence-electron chi connectivity index (χ1n) is 3.73. The van der Waals surface area contributed by atoms with Crippen molar-refractivity contribution >= 4 is 5.97 Å².